The summed E-state index contributed by atoms with van der Waals surface area (Å²) >= 11 is 0. The second-order valence-electron chi connectivity index (χ2n) is 0. The summed E-state index contributed by atoms with van der Waals surface area (Å²) in [6.07, 6.45) is 0. The molecule has 0 N–H and O–H groups in total. The van der Waals surface area contributed by atoms with Gasteiger partial charge < -0.3 is 0 Å². The molecular weight excluding hydrogens is 76.1 g/mol. The number of hydrogen-bond acceptors (Lipinski definition) is 0. The molecule has 1 heteroatoms. The monoisotopic (exact) mass is 94.1 g/mol. The van der Waals surface area contributed by atoms with Crippen molar-refractivity contribution >= 4 is 10.2 Å². The fraction of sp³-hybridized carbons (Fsp3) is 1.00. The maximum Gasteiger partial charge on any atom is -0.000585 e. The molecule has 0 fully saturated rings. The Kier molecular flexibility index (Phi) is 11600. The molecule has 0 radical (unpaired) electrons. The first-order valence-corrected chi connectivity index (χ1v) is 3.00. The minimum atomic E-state index is 0. The summed E-state index contributed by atoms with van der Waals surface area (Å²) in [6, 6.07) is 0. The minimum absolute atomic E-state index is 0. The fourth-order valence-corrected chi connectivity index (χ4v) is 0. The van der Waals surface area contributed by atoms with Crippen molar-refractivity contribution < 1.29 is 0 Å². The molecule has 0 rings (SSSR count). The molecule has 5 heavy (non-hydrogen) atoms. The van der Waals surface area contributed by atoms with Crippen molar-refractivity contribution in [3.63, 3.8) is 0 Å². The largest absolute Gasteiger partial charge is 0.0777 e. The van der Waals surface area contributed by atoms with Crippen LogP contribution in [0, 0.1) is 0 Å². The SMILES string of the molecule is C.C.C.C[SiH3]. The van der Waals surface area contributed by atoms with Gasteiger partial charge in [-0.1, -0.05) is 28.8 Å². The zero-order valence-electron chi connectivity index (χ0n) is 2.00. The van der Waals surface area contributed by atoms with E-state index in [1.165, 1.54) is 10.2 Å². The summed E-state index contributed by atoms with van der Waals surface area (Å²) in [6.45, 7) is 2.14. The van der Waals surface area contributed by atoms with E-state index >= 15 is 0 Å². The molecular formula is C4H18Si. The van der Waals surface area contributed by atoms with Crippen LogP contribution < -0.4 is 0 Å². The molecule has 0 aromatic carbocycles. The lowest BCUT2D eigenvalue weighted by atomic mass is 11.9. The van der Waals surface area contributed by atoms with Gasteiger partial charge in [-0.3, -0.25) is 0 Å². The summed E-state index contributed by atoms with van der Waals surface area (Å²) in [7, 11) is 1.31. The Morgan fingerprint density at radius 3 is 0.800 bits per heavy atom. The summed E-state index contributed by atoms with van der Waals surface area (Å²) in [5.41, 5.74) is 0. The van der Waals surface area contributed by atoms with Crippen LogP contribution in [0.5, 0.6) is 0 Å². The van der Waals surface area contributed by atoms with Gasteiger partial charge in [-0.15, -0.1) is 0 Å². The second kappa shape index (κ2) is 928. The van der Waals surface area contributed by atoms with Crippen LogP contribution >= 0.6 is 0 Å². The maximum absolute atomic E-state index is 2.14. The summed E-state index contributed by atoms with van der Waals surface area (Å²) < 4.78 is 0. The number of rotatable bonds is 0. The molecule has 0 spiro atoms. The summed E-state index contributed by atoms with van der Waals surface area (Å²) in [5, 5.41) is 0. The smallest absolute Gasteiger partial charge is 0.000585 e. The lowest BCUT2D eigenvalue weighted by Crippen LogP contribution is -1.13. The molecule has 0 saturated carbocycles. The summed E-state index contributed by atoms with van der Waals surface area (Å²) in [5.74, 6) is 0. The van der Waals surface area contributed by atoms with Crippen LogP contribution in [0.1, 0.15) is 22.3 Å². The molecule has 0 amide bonds. The van der Waals surface area contributed by atoms with Crippen LogP contribution in [0.2, 0.25) is 6.55 Å². The fourth-order valence-electron chi connectivity index (χ4n) is 0. The van der Waals surface area contributed by atoms with Crippen LogP contribution in [0.25, 0.3) is 0 Å². The molecule has 0 bridgehead atoms. The first kappa shape index (κ1) is 62.6. The average molecular weight is 94.3 g/mol. The zero-order chi connectivity index (χ0) is 2.00. The highest BCUT2D eigenvalue weighted by Gasteiger charge is 0.962. The maximum atomic E-state index is 2.14. The topological polar surface area (TPSA) is 0 Å². The molecule has 0 heterocycles. The Morgan fingerprint density at radius 1 is 0.800 bits per heavy atom. The average Bonchev–Trinajstić information content (AvgIpc) is 1.00. The van der Waals surface area contributed by atoms with Gasteiger partial charge in [-0.2, -0.15) is 0 Å². The molecule has 0 aliphatic heterocycles. The van der Waals surface area contributed by atoms with Gasteiger partial charge in [0.25, 0.3) is 0 Å². The van der Waals surface area contributed by atoms with E-state index < -0.39 is 0 Å². The van der Waals surface area contributed by atoms with Gasteiger partial charge in [-0.25, -0.2) is 0 Å². The van der Waals surface area contributed by atoms with Gasteiger partial charge in [0.2, 0.25) is 0 Å². The van der Waals surface area contributed by atoms with Gasteiger partial charge in [0.05, 0.1) is 0 Å². The van der Waals surface area contributed by atoms with E-state index in [0.717, 1.165) is 0 Å². The van der Waals surface area contributed by atoms with Gasteiger partial charge in [0.15, 0.2) is 0 Å². The lowest BCUT2D eigenvalue weighted by Gasteiger charge is -1.04. The third-order valence-corrected chi connectivity index (χ3v) is 0. The molecule has 0 saturated heterocycles. The van der Waals surface area contributed by atoms with E-state index in [2.05, 4.69) is 6.55 Å². The van der Waals surface area contributed by atoms with E-state index in [1.54, 1.807) is 0 Å². The van der Waals surface area contributed by atoms with Crippen molar-refractivity contribution in [2.24, 2.45) is 0 Å². The van der Waals surface area contributed by atoms with Crippen molar-refractivity contribution in [1.29, 1.82) is 0 Å². The molecule has 0 aromatic heterocycles. The zero-order valence-corrected chi connectivity index (χ0v) is 4.00. The van der Waals surface area contributed by atoms with E-state index in [1.807, 2.05) is 0 Å². The van der Waals surface area contributed by atoms with E-state index in [4.69, 9.17) is 0 Å². The van der Waals surface area contributed by atoms with Crippen LogP contribution in [0.3, 0.4) is 0 Å². The molecule has 0 nitrogen and oxygen atoms in total. The van der Waals surface area contributed by atoms with E-state index in [-0.39, 0.29) is 22.3 Å². The first-order chi connectivity index (χ1) is 1.00. The van der Waals surface area contributed by atoms with Crippen LogP contribution in [-0.4, -0.2) is 10.2 Å². The quantitative estimate of drug-likeness (QED) is 0.397. The van der Waals surface area contributed by atoms with E-state index in [9.17, 15) is 0 Å². The highest BCUT2D eigenvalue weighted by atomic mass is 28.1. The van der Waals surface area contributed by atoms with Crippen molar-refractivity contribution in [1.82, 2.24) is 0 Å². The lowest BCUT2D eigenvalue weighted by molar-refractivity contribution is 2.40. The van der Waals surface area contributed by atoms with Gasteiger partial charge in [-0.05, 0) is 10.2 Å². The Balaban J connectivity index is -0.00000000167. The van der Waals surface area contributed by atoms with Crippen LogP contribution in [0.4, 0.5) is 0 Å². The minimum Gasteiger partial charge on any atom is -0.0777 e. The van der Waals surface area contributed by atoms with Crippen molar-refractivity contribution in [2.75, 3.05) is 0 Å². The van der Waals surface area contributed by atoms with Crippen molar-refractivity contribution in [3.05, 3.63) is 0 Å². The second-order valence-corrected chi connectivity index (χ2v) is 0. The highest BCUT2D eigenvalue weighted by Crippen LogP contribution is 0.960. The first-order valence-electron chi connectivity index (χ1n) is 1.00. The third-order valence-electron chi connectivity index (χ3n) is 0. The Labute approximate surface area is 40.0 Å². The summed E-state index contributed by atoms with van der Waals surface area (Å²) in [4.78, 5) is 0. The Hall–Kier alpha value is 0.217. The van der Waals surface area contributed by atoms with Crippen molar-refractivity contribution in [2.45, 2.75) is 28.8 Å². The Morgan fingerprint density at radius 2 is 0.800 bits per heavy atom. The van der Waals surface area contributed by atoms with Gasteiger partial charge in [0, 0.05) is 0 Å². The molecule has 0 aromatic rings. The normalized spacial score (nSPS) is 1.80. The highest BCUT2D eigenvalue weighted by molar-refractivity contribution is 6.05. The predicted molar refractivity (Wildman–Crippen MR) is 36.0 cm³/mol. The van der Waals surface area contributed by atoms with Crippen LogP contribution in [0.15, 0.2) is 0 Å². The van der Waals surface area contributed by atoms with Gasteiger partial charge in [0.1, 0.15) is 0 Å². The van der Waals surface area contributed by atoms with Crippen LogP contribution in [-0.2, 0) is 0 Å². The Bertz CT molecular complexity index is 3.61. The number of hydrogen-bond donors (Lipinski definition) is 0. The van der Waals surface area contributed by atoms with Gasteiger partial charge >= 0.3 is 0 Å². The third kappa shape index (κ3) is 441. The predicted octanol–water partition coefficient (Wildman–Crippen LogP) is 1.31. The standard InChI is InChI=1S/CH6Si.3CH4/c1-2;;;/h1-2H3;3*1H4. The molecule has 0 unspecified atom stereocenters. The van der Waals surface area contributed by atoms with Crippen molar-refractivity contribution in [3.8, 4) is 0 Å². The molecule has 0 aliphatic rings. The molecule has 0 atom stereocenters. The van der Waals surface area contributed by atoms with E-state index in [0.29, 0.717) is 0 Å². The molecule has 0 aliphatic carbocycles. The molecule has 38 valence electrons.